The summed E-state index contributed by atoms with van der Waals surface area (Å²) in [6, 6.07) is 4.62. The maximum Gasteiger partial charge on any atom is 0.311 e. The van der Waals surface area contributed by atoms with E-state index in [0.717, 1.165) is 12.0 Å². The van der Waals surface area contributed by atoms with Gasteiger partial charge in [-0.3, -0.25) is 10.1 Å². The van der Waals surface area contributed by atoms with E-state index in [1.165, 1.54) is 13.2 Å². The average molecular weight is 247 g/mol. The lowest BCUT2D eigenvalue weighted by molar-refractivity contribution is -0.385. The second-order valence-electron chi connectivity index (χ2n) is 3.20. The number of nitro groups is 1. The zero-order chi connectivity index (χ0) is 11.4. The largest absolute Gasteiger partial charge is 0.490 e. The molecular weight excluding hydrogens is 232 g/mol. The highest BCUT2D eigenvalue weighted by Crippen LogP contribution is 2.29. The summed E-state index contributed by atoms with van der Waals surface area (Å²) >= 11 is 0. The zero-order valence-electron chi connectivity index (χ0n) is 9.17. The molecule has 0 amide bonds. The molecular formula is C10H15ClN2O3. The second kappa shape index (κ2) is 6.30. The van der Waals surface area contributed by atoms with Gasteiger partial charge in [0.25, 0.3) is 0 Å². The summed E-state index contributed by atoms with van der Waals surface area (Å²) in [5, 5.41) is 10.7. The molecule has 0 unspecified atom stereocenters. The molecule has 16 heavy (non-hydrogen) atoms. The van der Waals surface area contributed by atoms with Crippen LogP contribution in [0.1, 0.15) is 24.9 Å². The molecule has 1 rings (SSSR count). The van der Waals surface area contributed by atoms with Crippen molar-refractivity contribution in [3.05, 3.63) is 33.9 Å². The summed E-state index contributed by atoms with van der Waals surface area (Å²) in [6.45, 7) is 1.93. The molecule has 0 aliphatic carbocycles. The highest BCUT2D eigenvalue weighted by Gasteiger charge is 2.16. The van der Waals surface area contributed by atoms with E-state index in [0.29, 0.717) is 0 Å². The molecule has 1 aromatic carbocycles. The zero-order valence-corrected chi connectivity index (χ0v) is 9.99. The molecule has 6 heteroatoms. The number of rotatable bonds is 4. The molecule has 0 aliphatic rings. The summed E-state index contributed by atoms with van der Waals surface area (Å²) < 4.78 is 4.89. The third kappa shape index (κ3) is 3.08. The highest BCUT2D eigenvalue weighted by molar-refractivity contribution is 5.85. The van der Waals surface area contributed by atoms with E-state index in [9.17, 15) is 10.1 Å². The molecule has 0 fully saturated rings. The van der Waals surface area contributed by atoms with E-state index in [1.54, 1.807) is 12.1 Å². The van der Waals surface area contributed by atoms with Gasteiger partial charge < -0.3 is 10.5 Å². The van der Waals surface area contributed by atoms with Gasteiger partial charge in [-0.25, -0.2) is 0 Å². The second-order valence-corrected chi connectivity index (χ2v) is 3.20. The van der Waals surface area contributed by atoms with E-state index < -0.39 is 4.92 Å². The summed E-state index contributed by atoms with van der Waals surface area (Å²) in [5.74, 6) is 0.257. The molecule has 0 saturated heterocycles. The van der Waals surface area contributed by atoms with Crippen LogP contribution < -0.4 is 10.5 Å². The van der Waals surface area contributed by atoms with Crippen LogP contribution in [0.2, 0.25) is 0 Å². The van der Waals surface area contributed by atoms with Crippen LogP contribution in [0.25, 0.3) is 0 Å². The number of benzene rings is 1. The van der Waals surface area contributed by atoms with Crippen molar-refractivity contribution < 1.29 is 9.66 Å². The number of hydrogen-bond donors (Lipinski definition) is 1. The van der Waals surface area contributed by atoms with Gasteiger partial charge in [0.05, 0.1) is 12.0 Å². The van der Waals surface area contributed by atoms with Crippen LogP contribution in [0.4, 0.5) is 5.69 Å². The number of methoxy groups -OCH3 is 1. The quantitative estimate of drug-likeness (QED) is 0.654. The summed E-state index contributed by atoms with van der Waals surface area (Å²) in [7, 11) is 1.40. The first-order chi connectivity index (χ1) is 7.10. The van der Waals surface area contributed by atoms with Crippen molar-refractivity contribution in [3.8, 4) is 5.75 Å². The Morgan fingerprint density at radius 2 is 2.19 bits per heavy atom. The number of nitro benzene ring substituents is 1. The Morgan fingerprint density at radius 3 is 2.62 bits per heavy atom. The monoisotopic (exact) mass is 246 g/mol. The first-order valence-corrected chi connectivity index (χ1v) is 4.68. The molecule has 0 spiro atoms. The summed E-state index contributed by atoms with van der Waals surface area (Å²) in [5.41, 5.74) is 6.50. The Morgan fingerprint density at radius 1 is 1.56 bits per heavy atom. The van der Waals surface area contributed by atoms with Gasteiger partial charge in [-0.2, -0.15) is 0 Å². The van der Waals surface area contributed by atoms with Crippen molar-refractivity contribution >= 4 is 18.1 Å². The molecule has 0 heterocycles. The van der Waals surface area contributed by atoms with Crippen LogP contribution in [0.15, 0.2) is 18.2 Å². The van der Waals surface area contributed by atoms with Crippen molar-refractivity contribution in [2.24, 2.45) is 5.73 Å². The van der Waals surface area contributed by atoms with Gasteiger partial charge in [-0.1, -0.05) is 13.0 Å². The van der Waals surface area contributed by atoms with Crippen molar-refractivity contribution in [3.63, 3.8) is 0 Å². The standard InChI is InChI=1S/C10H14N2O3.ClH/c1-3-8(11)7-4-5-10(15-2)9(6-7)12(13)14;/h4-6,8H,3,11H2,1-2H3;1H/t8-;/m1./s1. The Kier molecular flexibility index (Phi) is 5.77. The average Bonchev–Trinajstić information content (AvgIpc) is 2.27. The third-order valence-corrected chi connectivity index (χ3v) is 2.27. The molecule has 0 radical (unpaired) electrons. The van der Waals surface area contributed by atoms with Crippen LogP contribution in [-0.2, 0) is 0 Å². The number of ether oxygens (including phenoxy) is 1. The normalized spacial score (nSPS) is 11.4. The van der Waals surface area contributed by atoms with Crippen LogP contribution in [0.5, 0.6) is 5.75 Å². The van der Waals surface area contributed by atoms with Crippen molar-refractivity contribution in [2.75, 3.05) is 7.11 Å². The minimum Gasteiger partial charge on any atom is -0.490 e. The smallest absolute Gasteiger partial charge is 0.311 e. The van der Waals surface area contributed by atoms with Crippen LogP contribution in [-0.4, -0.2) is 12.0 Å². The van der Waals surface area contributed by atoms with Crippen LogP contribution in [0, 0.1) is 10.1 Å². The van der Waals surface area contributed by atoms with Gasteiger partial charge in [0.2, 0.25) is 0 Å². The maximum absolute atomic E-state index is 10.7. The van der Waals surface area contributed by atoms with E-state index in [-0.39, 0.29) is 29.9 Å². The summed E-state index contributed by atoms with van der Waals surface area (Å²) in [4.78, 5) is 10.3. The van der Waals surface area contributed by atoms with Gasteiger partial charge in [0.1, 0.15) is 0 Å². The van der Waals surface area contributed by atoms with Gasteiger partial charge in [0, 0.05) is 12.1 Å². The molecule has 5 nitrogen and oxygen atoms in total. The number of nitrogens with zero attached hydrogens (tertiary/aromatic N) is 1. The number of nitrogens with two attached hydrogens (primary N) is 1. The predicted molar refractivity (Wildman–Crippen MR) is 64.1 cm³/mol. The van der Waals surface area contributed by atoms with Crippen molar-refractivity contribution in [1.82, 2.24) is 0 Å². The Bertz CT molecular complexity index is 371. The first-order valence-electron chi connectivity index (χ1n) is 4.68. The van der Waals surface area contributed by atoms with Crippen LogP contribution in [0.3, 0.4) is 0 Å². The van der Waals surface area contributed by atoms with Gasteiger partial charge in [0.15, 0.2) is 5.75 Å². The molecule has 0 bridgehead atoms. The van der Waals surface area contributed by atoms with Gasteiger partial charge >= 0.3 is 5.69 Å². The predicted octanol–water partition coefficient (Wildman–Crippen LogP) is 2.44. The minimum absolute atomic E-state index is 0. The van der Waals surface area contributed by atoms with Crippen molar-refractivity contribution in [2.45, 2.75) is 19.4 Å². The lowest BCUT2D eigenvalue weighted by Crippen LogP contribution is -2.09. The van der Waals surface area contributed by atoms with E-state index in [2.05, 4.69) is 0 Å². The Hall–Kier alpha value is -1.33. The Balaban J connectivity index is 0.00000225. The lowest BCUT2D eigenvalue weighted by atomic mass is 10.0. The highest BCUT2D eigenvalue weighted by atomic mass is 35.5. The molecule has 1 aromatic rings. The SMILES string of the molecule is CC[C@@H](N)c1ccc(OC)c([N+](=O)[O-])c1.Cl. The molecule has 0 saturated carbocycles. The first kappa shape index (κ1) is 14.7. The molecule has 0 aliphatic heterocycles. The molecule has 1 atom stereocenters. The van der Waals surface area contributed by atoms with E-state index in [4.69, 9.17) is 10.5 Å². The Labute approximate surface area is 100 Å². The lowest BCUT2D eigenvalue weighted by Gasteiger charge is -2.09. The van der Waals surface area contributed by atoms with E-state index in [1.807, 2.05) is 6.92 Å². The summed E-state index contributed by atoms with van der Waals surface area (Å²) in [6.07, 6.45) is 0.740. The number of halogens is 1. The molecule has 0 aromatic heterocycles. The third-order valence-electron chi connectivity index (χ3n) is 2.27. The molecule has 90 valence electrons. The topological polar surface area (TPSA) is 78.4 Å². The fourth-order valence-electron chi connectivity index (χ4n) is 1.32. The number of hydrogen-bond acceptors (Lipinski definition) is 4. The fourth-order valence-corrected chi connectivity index (χ4v) is 1.32. The van der Waals surface area contributed by atoms with E-state index >= 15 is 0 Å². The van der Waals surface area contributed by atoms with Crippen molar-refractivity contribution in [1.29, 1.82) is 0 Å². The van der Waals surface area contributed by atoms with Gasteiger partial charge in [-0.15, -0.1) is 12.4 Å². The molecule has 2 N–H and O–H groups in total. The minimum atomic E-state index is -0.468. The van der Waals surface area contributed by atoms with Crippen LogP contribution >= 0.6 is 12.4 Å². The maximum atomic E-state index is 10.7. The fraction of sp³-hybridized carbons (Fsp3) is 0.400. The van der Waals surface area contributed by atoms with Gasteiger partial charge in [-0.05, 0) is 18.1 Å².